The molecule has 0 aliphatic carbocycles. The summed E-state index contributed by atoms with van der Waals surface area (Å²) in [6.45, 7) is 5.52. The van der Waals surface area contributed by atoms with Crippen LogP contribution in [0.15, 0.2) is 24.3 Å². The Bertz CT molecular complexity index is 671. The number of methoxy groups -OCH3 is 1. The fourth-order valence-electron chi connectivity index (χ4n) is 3.23. The van der Waals surface area contributed by atoms with Gasteiger partial charge in [0.1, 0.15) is 5.75 Å². The topological polar surface area (TPSA) is 58.2 Å². The first-order valence-corrected chi connectivity index (χ1v) is 8.00. The Morgan fingerprint density at radius 3 is 2.70 bits per heavy atom. The van der Waals surface area contributed by atoms with Crippen LogP contribution in [-0.2, 0) is 11.2 Å². The summed E-state index contributed by atoms with van der Waals surface area (Å²) in [7, 11) is 1.67. The van der Waals surface area contributed by atoms with Crippen LogP contribution in [-0.4, -0.2) is 41.2 Å². The van der Waals surface area contributed by atoms with Crippen LogP contribution in [0, 0.1) is 13.8 Å². The third kappa shape index (κ3) is 3.23. The molecule has 2 aromatic rings. The monoisotopic (exact) mass is 313 g/mol. The van der Waals surface area contributed by atoms with E-state index >= 15 is 0 Å². The van der Waals surface area contributed by atoms with Gasteiger partial charge in [-0.05, 0) is 38.0 Å². The minimum atomic E-state index is 0.189. The molecule has 3 rings (SSSR count). The number of ether oxygens (including phenoxy) is 1. The van der Waals surface area contributed by atoms with Gasteiger partial charge >= 0.3 is 0 Å². The lowest BCUT2D eigenvalue weighted by atomic mass is 9.98. The number of rotatable bonds is 4. The number of benzene rings is 1. The van der Waals surface area contributed by atoms with E-state index in [0.29, 0.717) is 12.3 Å². The van der Waals surface area contributed by atoms with Gasteiger partial charge in [0.25, 0.3) is 0 Å². The second-order valence-corrected chi connectivity index (χ2v) is 6.19. The number of aryl methyl sites for hydroxylation is 2. The summed E-state index contributed by atoms with van der Waals surface area (Å²) in [6, 6.07) is 8.17. The number of hydrogen-bond acceptors (Lipinski definition) is 3. The predicted molar refractivity (Wildman–Crippen MR) is 88.7 cm³/mol. The van der Waals surface area contributed by atoms with E-state index in [1.807, 2.05) is 30.9 Å². The number of H-pyrrole nitrogens is 1. The second kappa shape index (κ2) is 6.44. The summed E-state index contributed by atoms with van der Waals surface area (Å²) in [5.74, 6) is 1.47. The molecule has 1 unspecified atom stereocenters. The van der Waals surface area contributed by atoms with E-state index in [1.165, 1.54) is 5.56 Å². The first-order valence-electron chi connectivity index (χ1n) is 8.00. The van der Waals surface area contributed by atoms with Crippen molar-refractivity contribution in [1.82, 2.24) is 15.1 Å². The molecule has 1 N–H and O–H groups in total. The van der Waals surface area contributed by atoms with E-state index in [0.717, 1.165) is 42.2 Å². The molecule has 5 heteroatoms. The smallest absolute Gasteiger partial charge is 0.227 e. The molecule has 0 bridgehead atoms. The second-order valence-electron chi connectivity index (χ2n) is 6.19. The summed E-state index contributed by atoms with van der Waals surface area (Å²) in [5.41, 5.74) is 4.21. The SMILES string of the molecule is COc1ccc(C2CCN(C(=O)Cc3c(C)n[nH]c3C)C2)cc1. The zero-order chi connectivity index (χ0) is 16.4. The number of aromatic nitrogens is 2. The summed E-state index contributed by atoms with van der Waals surface area (Å²) >= 11 is 0. The molecular formula is C18H23N3O2. The van der Waals surface area contributed by atoms with Gasteiger partial charge in [-0.3, -0.25) is 9.89 Å². The van der Waals surface area contributed by atoms with Crippen molar-refractivity contribution in [2.75, 3.05) is 20.2 Å². The van der Waals surface area contributed by atoms with Crippen LogP contribution in [0.1, 0.15) is 34.9 Å². The van der Waals surface area contributed by atoms with Gasteiger partial charge in [0.15, 0.2) is 0 Å². The lowest BCUT2D eigenvalue weighted by Gasteiger charge is -2.17. The fraction of sp³-hybridized carbons (Fsp3) is 0.444. The minimum absolute atomic E-state index is 0.189. The van der Waals surface area contributed by atoms with E-state index in [1.54, 1.807) is 7.11 Å². The van der Waals surface area contributed by atoms with Crippen molar-refractivity contribution in [2.24, 2.45) is 0 Å². The van der Waals surface area contributed by atoms with Gasteiger partial charge in [0, 0.05) is 30.3 Å². The average Bonchev–Trinajstić information content (AvgIpc) is 3.17. The molecular weight excluding hydrogens is 290 g/mol. The van der Waals surface area contributed by atoms with E-state index in [2.05, 4.69) is 22.3 Å². The lowest BCUT2D eigenvalue weighted by Crippen LogP contribution is -2.30. The fourth-order valence-corrected chi connectivity index (χ4v) is 3.23. The molecule has 0 spiro atoms. The Morgan fingerprint density at radius 1 is 1.35 bits per heavy atom. The van der Waals surface area contributed by atoms with Crippen molar-refractivity contribution in [3.8, 4) is 5.75 Å². The van der Waals surface area contributed by atoms with Gasteiger partial charge in [-0.2, -0.15) is 5.10 Å². The molecule has 2 heterocycles. The van der Waals surface area contributed by atoms with Gasteiger partial charge in [-0.15, -0.1) is 0 Å². The number of nitrogens with zero attached hydrogens (tertiary/aromatic N) is 2. The zero-order valence-corrected chi connectivity index (χ0v) is 13.9. The lowest BCUT2D eigenvalue weighted by molar-refractivity contribution is -0.129. The van der Waals surface area contributed by atoms with Crippen LogP contribution in [0.2, 0.25) is 0 Å². The number of amides is 1. The Morgan fingerprint density at radius 2 is 2.09 bits per heavy atom. The highest BCUT2D eigenvalue weighted by molar-refractivity contribution is 5.79. The number of aromatic amines is 1. The number of carbonyl (C=O) groups is 1. The zero-order valence-electron chi connectivity index (χ0n) is 13.9. The molecule has 122 valence electrons. The van der Waals surface area contributed by atoms with Gasteiger partial charge in [-0.25, -0.2) is 0 Å². The third-order valence-electron chi connectivity index (χ3n) is 4.74. The highest BCUT2D eigenvalue weighted by Gasteiger charge is 2.28. The summed E-state index contributed by atoms with van der Waals surface area (Å²) in [4.78, 5) is 14.5. The molecule has 5 nitrogen and oxygen atoms in total. The molecule has 1 aliphatic rings. The maximum absolute atomic E-state index is 12.6. The van der Waals surface area contributed by atoms with Crippen molar-refractivity contribution in [3.05, 3.63) is 46.8 Å². The Balaban J connectivity index is 1.63. The summed E-state index contributed by atoms with van der Waals surface area (Å²) in [6.07, 6.45) is 1.45. The Kier molecular flexibility index (Phi) is 4.37. The molecule has 1 amide bonds. The highest BCUT2D eigenvalue weighted by atomic mass is 16.5. The van der Waals surface area contributed by atoms with Crippen molar-refractivity contribution in [2.45, 2.75) is 32.6 Å². The van der Waals surface area contributed by atoms with E-state index in [-0.39, 0.29) is 5.91 Å². The Hall–Kier alpha value is -2.30. The van der Waals surface area contributed by atoms with Crippen molar-refractivity contribution < 1.29 is 9.53 Å². The van der Waals surface area contributed by atoms with Crippen molar-refractivity contribution in [1.29, 1.82) is 0 Å². The average molecular weight is 313 g/mol. The molecule has 1 aliphatic heterocycles. The van der Waals surface area contributed by atoms with Crippen LogP contribution in [0.3, 0.4) is 0 Å². The van der Waals surface area contributed by atoms with E-state index < -0.39 is 0 Å². The molecule has 1 atom stereocenters. The Labute approximate surface area is 136 Å². The quantitative estimate of drug-likeness (QED) is 0.944. The van der Waals surface area contributed by atoms with Crippen LogP contribution < -0.4 is 4.74 Å². The van der Waals surface area contributed by atoms with E-state index in [4.69, 9.17) is 4.74 Å². The van der Waals surface area contributed by atoms with Crippen LogP contribution in [0.4, 0.5) is 0 Å². The third-order valence-corrected chi connectivity index (χ3v) is 4.74. The van der Waals surface area contributed by atoms with Crippen LogP contribution in [0.25, 0.3) is 0 Å². The van der Waals surface area contributed by atoms with Crippen LogP contribution in [0.5, 0.6) is 5.75 Å². The first kappa shape index (κ1) is 15.6. The molecule has 1 aromatic carbocycles. The highest BCUT2D eigenvalue weighted by Crippen LogP contribution is 2.29. The van der Waals surface area contributed by atoms with Crippen molar-refractivity contribution in [3.63, 3.8) is 0 Å². The molecule has 0 saturated carbocycles. The summed E-state index contributed by atoms with van der Waals surface area (Å²) in [5, 5.41) is 7.11. The van der Waals surface area contributed by atoms with Crippen LogP contribution >= 0.6 is 0 Å². The molecule has 1 saturated heterocycles. The largest absolute Gasteiger partial charge is 0.497 e. The number of hydrogen-bond donors (Lipinski definition) is 1. The maximum atomic E-state index is 12.6. The van der Waals surface area contributed by atoms with E-state index in [9.17, 15) is 4.79 Å². The predicted octanol–water partition coefficient (Wildman–Crippen LogP) is 2.59. The number of carbonyl (C=O) groups excluding carboxylic acids is 1. The molecule has 0 radical (unpaired) electrons. The maximum Gasteiger partial charge on any atom is 0.227 e. The van der Waals surface area contributed by atoms with Gasteiger partial charge in [-0.1, -0.05) is 12.1 Å². The minimum Gasteiger partial charge on any atom is -0.497 e. The normalized spacial score (nSPS) is 17.5. The first-order chi connectivity index (χ1) is 11.1. The van der Waals surface area contributed by atoms with Gasteiger partial charge < -0.3 is 9.64 Å². The summed E-state index contributed by atoms with van der Waals surface area (Å²) < 4.78 is 5.20. The molecule has 1 aromatic heterocycles. The van der Waals surface area contributed by atoms with Gasteiger partial charge in [0.05, 0.1) is 19.2 Å². The standard InChI is InChI=1S/C18H23N3O2/c1-12-17(13(2)20-19-12)10-18(22)21-9-8-15(11-21)14-4-6-16(23-3)7-5-14/h4-7,15H,8-11H2,1-3H3,(H,19,20). The number of likely N-dealkylation sites (tertiary alicyclic amines) is 1. The van der Waals surface area contributed by atoms with Gasteiger partial charge in [0.2, 0.25) is 5.91 Å². The van der Waals surface area contributed by atoms with Crippen molar-refractivity contribution >= 4 is 5.91 Å². The molecule has 23 heavy (non-hydrogen) atoms. The number of nitrogens with one attached hydrogen (secondary N) is 1. The molecule has 1 fully saturated rings.